The molecule has 0 spiro atoms. The topological polar surface area (TPSA) is 137 Å². The molecule has 0 aliphatic carbocycles. The molecule has 0 amide bonds. The first-order valence-corrected chi connectivity index (χ1v) is 4.16. The summed E-state index contributed by atoms with van der Waals surface area (Å²) in [5.74, 6) is -0.0719. The van der Waals surface area contributed by atoms with Crippen molar-refractivity contribution < 1.29 is 118 Å². The number of hydrogen-bond donors (Lipinski definition) is 1. The minimum atomic E-state index is -4.38. The number of phenolic OH excluding ortho intramolecular Hbond substituents is 1. The molecular weight excluding hydrogens is 269 g/mol. The maximum absolute atomic E-state index is 10.3. The van der Waals surface area contributed by atoms with Crippen molar-refractivity contribution >= 4 is 10.1 Å². The Morgan fingerprint density at radius 1 is 0.938 bits per heavy atom. The van der Waals surface area contributed by atoms with Crippen molar-refractivity contribution in [2.45, 2.75) is 4.90 Å². The van der Waals surface area contributed by atoms with Gasteiger partial charge in [0.1, 0.15) is 15.9 Å². The van der Waals surface area contributed by atoms with Crippen molar-refractivity contribution in [3.8, 4) is 5.75 Å². The molecule has 0 aliphatic rings. The third kappa shape index (κ3) is 11.0. The van der Waals surface area contributed by atoms with Gasteiger partial charge in [-0.3, -0.25) is 0 Å². The van der Waals surface area contributed by atoms with E-state index >= 15 is 0 Å². The van der Waals surface area contributed by atoms with Crippen LogP contribution in [0.25, 0.3) is 0 Å². The minimum absolute atomic E-state index is 0. The largest absolute Gasteiger partial charge is 1.00 e. The van der Waals surface area contributed by atoms with E-state index in [2.05, 4.69) is 0 Å². The van der Waals surface area contributed by atoms with E-state index < -0.39 is 10.1 Å². The van der Waals surface area contributed by atoms with Crippen LogP contribution in [0.4, 0.5) is 0 Å². The van der Waals surface area contributed by atoms with E-state index in [0.717, 1.165) is 24.3 Å². The fourth-order valence-electron chi connectivity index (χ4n) is 0.613. The second kappa shape index (κ2) is 13.3. The second-order valence-corrected chi connectivity index (χ2v) is 3.33. The van der Waals surface area contributed by atoms with Gasteiger partial charge in [0.15, 0.2) is 0 Å². The SMILES string of the molecule is O=S(=O)([O-])c1ccc(O)cc1.[Na+].[Na+].[Na+].[OH-].[OH-]. The molecule has 0 saturated heterocycles. The normalized spacial score (nSPS) is 7.81. The number of benzene rings is 1. The summed E-state index contributed by atoms with van der Waals surface area (Å²) >= 11 is 0. The summed E-state index contributed by atoms with van der Waals surface area (Å²) in [6.07, 6.45) is 0. The molecule has 76 valence electrons. The van der Waals surface area contributed by atoms with Crippen molar-refractivity contribution in [2.75, 3.05) is 0 Å². The van der Waals surface area contributed by atoms with E-state index in [1.54, 1.807) is 0 Å². The number of hydrogen-bond acceptors (Lipinski definition) is 6. The molecule has 3 N–H and O–H groups in total. The maximum Gasteiger partial charge on any atom is 1.00 e. The Labute approximate surface area is 160 Å². The Bertz CT molecular complexity index is 351. The Morgan fingerprint density at radius 2 is 1.25 bits per heavy atom. The third-order valence-electron chi connectivity index (χ3n) is 1.13. The van der Waals surface area contributed by atoms with Crippen LogP contribution in [0, 0.1) is 0 Å². The fraction of sp³-hybridized carbons (Fsp3) is 0. The number of rotatable bonds is 1. The van der Waals surface area contributed by atoms with Gasteiger partial charge < -0.3 is 20.6 Å². The van der Waals surface area contributed by atoms with Crippen LogP contribution in [-0.4, -0.2) is 29.0 Å². The van der Waals surface area contributed by atoms with Crippen molar-refractivity contribution in [3.63, 3.8) is 0 Å². The van der Waals surface area contributed by atoms with E-state index in [0.29, 0.717) is 0 Å². The molecule has 0 heterocycles. The van der Waals surface area contributed by atoms with Gasteiger partial charge in [-0.1, -0.05) is 0 Å². The molecule has 16 heavy (non-hydrogen) atoms. The molecule has 1 rings (SSSR count). The molecule has 0 unspecified atom stereocenters. The van der Waals surface area contributed by atoms with Crippen molar-refractivity contribution in [2.24, 2.45) is 0 Å². The molecule has 0 bridgehead atoms. The summed E-state index contributed by atoms with van der Waals surface area (Å²) in [6, 6.07) is 4.39. The second-order valence-electron chi connectivity index (χ2n) is 1.95. The molecule has 10 heteroatoms. The summed E-state index contributed by atoms with van der Waals surface area (Å²) in [5.41, 5.74) is 0. The van der Waals surface area contributed by atoms with Gasteiger partial charge in [0, 0.05) is 0 Å². The van der Waals surface area contributed by atoms with E-state index in [1.165, 1.54) is 0 Å². The van der Waals surface area contributed by atoms with Crippen LogP contribution in [0.5, 0.6) is 5.75 Å². The van der Waals surface area contributed by atoms with Crippen LogP contribution in [0.3, 0.4) is 0 Å². The molecule has 6 nitrogen and oxygen atoms in total. The smallest absolute Gasteiger partial charge is 0.870 e. The monoisotopic (exact) mass is 276 g/mol. The molecule has 1 aromatic carbocycles. The molecular formula is C6H7Na3O6S. The van der Waals surface area contributed by atoms with Gasteiger partial charge in [-0.15, -0.1) is 0 Å². The quantitative estimate of drug-likeness (QED) is 0.399. The summed E-state index contributed by atoms with van der Waals surface area (Å²) in [4.78, 5) is -0.338. The van der Waals surface area contributed by atoms with E-state index in [4.69, 9.17) is 5.11 Å². The zero-order valence-corrected chi connectivity index (χ0v) is 16.1. The van der Waals surface area contributed by atoms with Crippen molar-refractivity contribution in [1.82, 2.24) is 0 Å². The standard InChI is InChI=1S/C6H6O4S.3Na.2H2O/c7-5-1-3-6(4-2-5)11(8,9)10;;;;;/h1-4,7H,(H,8,9,10);;;;2*1H2/q;3*+1;;/p-3. The predicted octanol–water partition coefficient (Wildman–Crippen LogP) is -9.05. The van der Waals surface area contributed by atoms with Gasteiger partial charge in [0.25, 0.3) is 0 Å². The first-order chi connectivity index (χ1) is 5.00. The molecule has 0 atom stereocenters. The Hall–Kier alpha value is 1.85. The molecule has 1 aromatic rings. The average molecular weight is 276 g/mol. The molecule has 0 saturated carbocycles. The predicted molar refractivity (Wildman–Crippen MR) is 39.9 cm³/mol. The fourth-order valence-corrected chi connectivity index (χ4v) is 1.08. The first-order valence-electron chi connectivity index (χ1n) is 2.75. The summed E-state index contributed by atoms with van der Waals surface area (Å²) in [5, 5.41) is 8.73. The molecule has 0 aromatic heterocycles. The molecule has 0 aliphatic heterocycles. The van der Waals surface area contributed by atoms with Crippen LogP contribution in [-0.2, 0) is 10.1 Å². The van der Waals surface area contributed by atoms with Gasteiger partial charge in [-0.2, -0.15) is 0 Å². The minimum Gasteiger partial charge on any atom is -0.870 e. The Kier molecular flexibility index (Phi) is 25.5. The first kappa shape index (κ1) is 30.7. The van der Waals surface area contributed by atoms with Crippen LogP contribution < -0.4 is 88.7 Å². The zero-order chi connectivity index (χ0) is 8.48. The third-order valence-corrected chi connectivity index (χ3v) is 1.97. The van der Waals surface area contributed by atoms with Crippen molar-refractivity contribution in [1.29, 1.82) is 0 Å². The van der Waals surface area contributed by atoms with Gasteiger partial charge in [-0.25, -0.2) is 8.42 Å². The van der Waals surface area contributed by atoms with E-state index in [1.807, 2.05) is 0 Å². The van der Waals surface area contributed by atoms with Crippen LogP contribution in [0.2, 0.25) is 0 Å². The summed E-state index contributed by atoms with van der Waals surface area (Å²) in [7, 11) is -4.38. The van der Waals surface area contributed by atoms with E-state index in [9.17, 15) is 13.0 Å². The Morgan fingerprint density at radius 3 is 1.50 bits per heavy atom. The van der Waals surface area contributed by atoms with Gasteiger partial charge >= 0.3 is 88.7 Å². The average Bonchev–Trinajstić information content (AvgIpc) is 1.86. The molecule has 0 fully saturated rings. The zero-order valence-electron chi connectivity index (χ0n) is 9.28. The maximum atomic E-state index is 10.3. The number of phenols is 1. The van der Waals surface area contributed by atoms with Crippen LogP contribution in [0.15, 0.2) is 29.2 Å². The summed E-state index contributed by atoms with van der Waals surface area (Å²) < 4.78 is 30.9. The van der Waals surface area contributed by atoms with Gasteiger partial charge in [-0.05, 0) is 24.3 Å². The van der Waals surface area contributed by atoms with Gasteiger partial charge in [0.2, 0.25) is 0 Å². The van der Waals surface area contributed by atoms with Crippen molar-refractivity contribution in [3.05, 3.63) is 24.3 Å². The van der Waals surface area contributed by atoms with Crippen LogP contribution >= 0.6 is 0 Å². The number of aromatic hydroxyl groups is 1. The molecule has 0 radical (unpaired) electrons. The van der Waals surface area contributed by atoms with Gasteiger partial charge in [0.05, 0.1) is 4.90 Å². The van der Waals surface area contributed by atoms with E-state index in [-0.39, 0.29) is 110 Å². The Balaban J connectivity index is -0.0000000807. The van der Waals surface area contributed by atoms with Crippen LogP contribution in [0.1, 0.15) is 0 Å². The summed E-state index contributed by atoms with van der Waals surface area (Å²) in [6.45, 7) is 0.